The molecule has 3 heterocycles. The summed E-state index contributed by atoms with van der Waals surface area (Å²) in [6.45, 7) is 5.18. The third kappa shape index (κ3) is 4.91. The SMILES string of the molecule is C[C@H]1CCCCN1CCCNC(=O)c1csc(NC(=O)c2ccc3c(c2)OCO3)n1. The Morgan fingerprint density at radius 3 is 2.97 bits per heavy atom. The molecule has 30 heavy (non-hydrogen) atoms. The van der Waals surface area contributed by atoms with E-state index >= 15 is 0 Å². The summed E-state index contributed by atoms with van der Waals surface area (Å²) in [5, 5.41) is 7.67. The summed E-state index contributed by atoms with van der Waals surface area (Å²) >= 11 is 1.22. The van der Waals surface area contributed by atoms with Gasteiger partial charge in [-0.15, -0.1) is 11.3 Å². The molecule has 2 N–H and O–H groups in total. The van der Waals surface area contributed by atoms with E-state index in [4.69, 9.17) is 9.47 Å². The minimum absolute atomic E-state index is 0.155. The number of ether oxygens (including phenoxy) is 2. The number of likely N-dealkylation sites (tertiary alicyclic amines) is 1. The maximum Gasteiger partial charge on any atom is 0.270 e. The summed E-state index contributed by atoms with van der Waals surface area (Å²) in [6, 6.07) is 5.61. The Balaban J connectivity index is 1.24. The summed E-state index contributed by atoms with van der Waals surface area (Å²) in [5.74, 6) is 0.627. The number of anilines is 1. The van der Waals surface area contributed by atoms with E-state index in [1.54, 1.807) is 23.6 Å². The van der Waals surface area contributed by atoms with Gasteiger partial charge in [0, 0.05) is 30.1 Å². The lowest BCUT2D eigenvalue weighted by Crippen LogP contribution is -2.39. The van der Waals surface area contributed by atoms with Crippen LogP contribution in [0, 0.1) is 0 Å². The molecular formula is C21H26N4O4S. The lowest BCUT2D eigenvalue weighted by Gasteiger charge is -2.33. The van der Waals surface area contributed by atoms with Gasteiger partial charge in [-0.3, -0.25) is 14.9 Å². The molecule has 0 saturated carbocycles. The minimum atomic E-state index is -0.315. The van der Waals surface area contributed by atoms with Gasteiger partial charge in [0.2, 0.25) is 6.79 Å². The molecule has 2 aliphatic heterocycles. The number of fused-ring (bicyclic) bond motifs is 1. The summed E-state index contributed by atoms with van der Waals surface area (Å²) in [5.41, 5.74) is 0.750. The van der Waals surface area contributed by atoms with Gasteiger partial charge in [-0.1, -0.05) is 6.42 Å². The van der Waals surface area contributed by atoms with Crippen LogP contribution in [0.5, 0.6) is 11.5 Å². The highest BCUT2D eigenvalue weighted by Crippen LogP contribution is 2.32. The minimum Gasteiger partial charge on any atom is -0.454 e. The fourth-order valence-corrected chi connectivity index (χ4v) is 4.39. The van der Waals surface area contributed by atoms with Gasteiger partial charge in [-0.05, 0) is 50.9 Å². The largest absolute Gasteiger partial charge is 0.454 e. The topological polar surface area (TPSA) is 92.8 Å². The van der Waals surface area contributed by atoms with E-state index in [-0.39, 0.29) is 18.6 Å². The van der Waals surface area contributed by atoms with Crippen LogP contribution in [0.3, 0.4) is 0 Å². The van der Waals surface area contributed by atoms with E-state index in [0.717, 1.165) is 19.5 Å². The number of nitrogens with one attached hydrogen (secondary N) is 2. The molecule has 9 heteroatoms. The highest BCUT2D eigenvalue weighted by atomic mass is 32.1. The van der Waals surface area contributed by atoms with Crippen LogP contribution in [-0.4, -0.2) is 54.2 Å². The summed E-state index contributed by atoms with van der Waals surface area (Å²) in [6.07, 6.45) is 4.74. The van der Waals surface area contributed by atoms with Crippen molar-refractivity contribution in [2.45, 2.75) is 38.6 Å². The van der Waals surface area contributed by atoms with Crippen molar-refractivity contribution in [3.8, 4) is 11.5 Å². The van der Waals surface area contributed by atoms with Crippen LogP contribution < -0.4 is 20.1 Å². The van der Waals surface area contributed by atoms with Crippen LogP contribution in [-0.2, 0) is 0 Å². The van der Waals surface area contributed by atoms with Crippen molar-refractivity contribution in [1.82, 2.24) is 15.2 Å². The number of hydrogen-bond donors (Lipinski definition) is 2. The van der Waals surface area contributed by atoms with Gasteiger partial charge in [0.25, 0.3) is 11.8 Å². The van der Waals surface area contributed by atoms with E-state index < -0.39 is 0 Å². The zero-order valence-electron chi connectivity index (χ0n) is 17.0. The van der Waals surface area contributed by atoms with Gasteiger partial charge < -0.3 is 19.7 Å². The maximum atomic E-state index is 12.4. The molecule has 0 spiro atoms. The molecule has 0 radical (unpaired) electrons. The molecule has 1 fully saturated rings. The molecule has 0 bridgehead atoms. The predicted octanol–water partition coefficient (Wildman–Crippen LogP) is 3.12. The van der Waals surface area contributed by atoms with Crippen molar-refractivity contribution < 1.29 is 19.1 Å². The van der Waals surface area contributed by atoms with E-state index in [2.05, 4.69) is 27.4 Å². The second kappa shape index (κ2) is 9.44. The first-order valence-electron chi connectivity index (χ1n) is 10.3. The second-order valence-electron chi connectivity index (χ2n) is 7.55. The monoisotopic (exact) mass is 430 g/mol. The number of carbonyl (C=O) groups excluding carboxylic acids is 2. The number of aromatic nitrogens is 1. The molecule has 2 amide bonds. The van der Waals surface area contributed by atoms with E-state index in [1.165, 1.54) is 30.6 Å². The van der Waals surface area contributed by atoms with Crippen molar-refractivity contribution in [2.24, 2.45) is 0 Å². The number of nitrogens with zero attached hydrogens (tertiary/aromatic N) is 2. The number of amides is 2. The van der Waals surface area contributed by atoms with Crippen molar-refractivity contribution in [1.29, 1.82) is 0 Å². The number of piperidine rings is 1. The van der Waals surface area contributed by atoms with Crippen molar-refractivity contribution in [2.75, 3.05) is 31.7 Å². The molecule has 0 unspecified atom stereocenters. The molecule has 8 nitrogen and oxygen atoms in total. The van der Waals surface area contributed by atoms with Crippen molar-refractivity contribution >= 4 is 28.3 Å². The number of thiazole rings is 1. The Labute approximate surface area is 179 Å². The second-order valence-corrected chi connectivity index (χ2v) is 8.41. The zero-order chi connectivity index (χ0) is 20.9. The molecule has 160 valence electrons. The van der Waals surface area contributed by atoms with Gasteiger partial charge in [0.15, 0.2) is 16.6 Å². The van der Waals surface area contributed by atoms with Crippen molar-refractivity contribution in [3.05, 3.63) is 34.8 Å². The van der Waals surface area contributed by atoms with E-state index in [1.807, 2.05) is 0 Å². The number of carbonyl (C=O) groups is 2. The summed E-state index contributed by atoms with van der Waals surface area (Å²) < 4.78 is 10.5. The first-order valence-corrected chi connectivity index (χ1v) is 11.2. The molecule has 1 aromatic heterocycles. The normalized spacial score (nSPS) is 18.2. The Morgan fingerprint density at radius 2 is 2.10 bits per heavy atom. The Kier molecular flexibility index (Phi) is 6.49. The van der Waals surface area contributed by atoms with Gasteiger partial charge in [0.1, 0.15) is 5.69 Å². The Bertz CT molecular complexity index is 916. The lowest BCUT2D eigenvalue weighted by molar-refractivity contribution is 0.0943. The first-order chi connectivity index (χ1) is 14.6. The zero-order valence-corrected chi connectivity index (χ0v) is 17.8. The van der Waals surface area contributed by atoms with Crippen molar-refractivity contribution in [3.63, 3.8) is 0 Å². The molecule has 1 atom stereocenters. The summed E-state index contributed by atoms with van der Waals surface area (Å²) in [7, 11) is 0. The molecule has 1 aromatic carbocycles. The molecule has 2 aliphatic rings. The van der Waals surface area contributed by atoms with Crippen LogP contribution in [0.4, 0.5) is 5.13 Å². The Hall–Kier alpha value is -2.65. The highest BCUT2D eigenvalue weighted by Gasteiger charge is 2.19. The van der Waals surface area contributed by atoms with Gasteiger partial charge >= 0.3 is 0 Å². The van der Waals surface area contributed by atoms with Gasteiger partial charge in [-0.2, -0.15) is 0 Å². The maximum absolute atomic E-state index is 12.4. The van der Waals surface area contributed by atoms with Gasteiger partial charge in [0.05, 0.1) is 0 Å². The average Bonchev–Trinajstić information content (AvgIpc) is 3.41. The van der Waals surface area contributed by atoms with Gasteiger partial charge in [-0.25, -0.2) is 4.98 Å². The molecule has 1 saturated heterocycles. The van der Waals surface area contributed by atoms with Crippen LogP contribution in [0.25, 0.3) is 0 Å². The standard InChI is InChI=1S/C21H26N4O4S/c1-14-5-2-3-9-25(14)10-4-8-22-20(27)16-12-30-21(23-16)24-19(26)15-6-7-17-18(11-15)29-13-28-17/h6-7,11-12,14H,2-5,8-10,13H2,1H3,(H,22,27)(H,23,24,26)/t14-/m0/s1. The average molecular weight is 431 g/mol. The third-order valence-electron chi connectivity index (χ3n) is 5.44. The number of hydrogen-bond acceptors (Lipinski definition) is 7. The quantitative estimate of drug-likeness (QED) is 0.656. The smallest absolute Gasteiger partial charge is 0.270 e. The number of rotatable bonds is 7. The van der Waals surface area contributed by atoms with E-state index in [0.29, 0.717) is 40.5 Å². The fourth-order valence-electron chi connectivity index (χ4n) is 3.71. The van der Waals surface area contributed by atoms with Crippen LogP contribution in [0.2, 0.25) is 0 Å². The summed E-state index contributed by atoms with van der Waals surface area (Å²) in [4.78, 5) is 31.5. The van der Waals surface area contributed by atoms with Crippen LogP contribution in [0.1, 0.15) is 53.5 Å². The first kappa shape index (κ1) is 20.6. The lowest BCUT2D eigenvalue weighted by atomic mass is 10.0. The highest BCUT2D eigenvalue weighted by molar-refractivity contribution is 7.14. The van der Waals surface area contributed by atoms with Crippen LogP contribution >= 0.6 is 11.3 Å². The fraction of sp³-hybridized carbons (Fsp3) is 0.476. The Morgan fingerprint density at radius 1 is 1.23 bits per heavy atom. The molecule has 4 rings (SSSR count). The molecular weight excluding hydrogens is 404 g/mol. The third-order valence-corrected chi connectivity index (χ3v) is 6.20. The molecule has 2 aromatic rings. The van der Waals surface area contributed by atoms with E-state index in [9.17, 15) is 9.59 Å². The molecule has 0 aliphatic carbocycles. The van der Waals surface area contributed by atoms with Crippen LogP contribution in [0.15, 0.2) is 23.6 Å². The predicted molar refractivity (Wildman–Crippen MR) is 114 cm³/mol. The number of benzene rings is 1.